The van der Waals surface area contributed by atoms with Crippen LogP contribution in [-0.2, 0) is 9.59 Å². The van der Waals surface area contributed by atoms with Crippen LogP contribution in [0.3, 0.4) is 0 Å². The van der Waals surface area contributed by atoms with Gasteiger partial charge >= 0.3 is 17.8 Å². The molecule has 0 radical (unpaired) electrons. The molecule has 0 fully saturated rings. The smallest absolute Gasteiger partial charge is 0.344 e. The highest BCUT2D eigenvalue weighted by molar-refractivity contribution is 6.40. The molecule has 0 spiro atoms. The van der Waals surface area contributed by atoms with Gasteiger partial charge in [0.15, 0.2) is 0 Å². The second-order valence-corrected chi connectivity index (χ2v) is 9.00. The molecular weight excluding hydrogens is 532 g/mol. The molecule has 9 heteroatoms. The summed E-state index contributed by atoms with van der Waals surface area (Å²) in [5, 5.41) is 10.7. The van der Waals surface area contributed by atoms with Crippen LogP contribution in [-0.4, -0.2) is 29.9 Å². The molecule has 3 N–H and O–H groups in total. The van der Waals surface area contributed by atoms with Gasteiger partial charge in [0.25, 0.3) is 5.91 Å². The average Bonchev–Trinajstić information content (AvgIpc) is 3.02. The van der Waals surface area contributed by atoms with Crippen LogP contribution in [0.4, 0.5) is 11.4 Å². The molecule has 0 unspecified atom stereocenters. The van der Waals surface area contributed by atoms with Gasteiger partial charge in [-0.15, -0.1) is 0 Å². The van der Waals surface area contributed by atoms with E-state index in [-0.39, 0.29) is 11.3 Å². The number of hydrogen-bond acceptors (Lipinski definition) is 6. The van der Waals surface area contributed by atoms with Gasteiger partial charge in [0.05, 0.1) is 23.0 Å². The molecule has 0 saturated carbocycles. The van der Waals surface area contributed by atoms with Gasteiger partial charge in [-0.1, -0.05) is 66.7 Å². The number of hydrogen-bond donors (Lipinski definition) is 3. The summed E-state index contributed by atoms with van der Waals surface area (Å²) in [5.41, 5.74) is 4.15. The number of hydrazone groups is 1. The number of rotatable bonds is 7. The van der Waals surface area contributed by atoms with Crippen molar-refractivity contribution in [3.05, 3.63) is 138 Å². The van der Waals surface area contributed by atoms with Crippen molar-refractivity contribution in [2.45, 2.75) is 0 Å². The SMILES string of the molecule is O=C(NN=Cc1ccc(OC(=O)c2cccc3ccccc23)cc1)C(=O)Nc1ccccc1C(=O)Nc1ccccc1. The largest absolute Gasteiger partial charge is 0.423 e. The zero-order chi connectivity index (χ0) is 29.3. The van der Waals surface area contributed by atoms with Gasteiger partial charge < -0.3 is 15.4 Å². The predicted octanol–water partition coefficient (Wildman–Crippen LogP) is 5.40. The van der Waals surface area contributed by atoms with E-state index in [4.69, 9.17) is 4.74 Å². The van der Waals surface area contributed by atoms with Crippen LogP contribution in [0.1, 0.15) is 26.3 Å². The number of fused-ring (bicyclic) bond motifs is 1. The first-order valence-electron chi connectivity index (χ1n) is 12.9. The quantitative estimate of drug-likeness (QED) is 0.0814. The Labute approximate surface area is 240 Å². The molecule has 5 aromatic carbocycles. The molecule has 206 valence electrons. The molecule has 0 aromatic heterocycles. The number of carbonyl (C=O) groups is 4. The van der Waals surface area contributed by atoms with Gasteiger partial charge in [0.2, 0.25) is 0 Å². The standard InChI is InChI=1S/C33H24N4O5/c38-30(35-24-11-2-1-3-12-24)28-14-6-7-16-29(28)36-31(39)32(40)37-34-21-22-17-19-25(20-18-22)42-33(41)27-15-8-10-23-9-4-5-13-26(23)27/h1-21H,(H,35,38)(H,36,39)(H,37,40). The number of ether oxygens (including phenoxy) is 1. The molecule has 0 aliphatic rings. The Morgan fingerprint density at radius 3 is 2.10 bits per heavy atom. The van der Waals surface area contributed by atoms with Crippen LogP contribution in [0.2, 0.25) is 0 Å². The number of benzene rings is 5. The molecule has 0 bridgehead atoms. The second-order valence-electron chi connectivity index (χ2n) is 9.00. The van der Waals surface area contributed by atoms with E-state index < -0.39 is 23.7 Å². The van der Waals surface area contributed by atoms with E-state index in [1.54, 1.807) is 72.8 Å². The van der Waals surface area contributed by atoms with Crippen molar-refractivity contribution in [3.8, 4) is 5.75 Å². The summed E-state index contributed by atoms with van der Waals surface area (Å²) in [6, 6.07) is 34.6. The fourth-order valence-electron chi connectivity index (χ4n) is 4.09. The fraction of sp³-hybridized carbons (Fsp3) is 0. The van der Waals surface area contributed by atoms with E-state index >= 15 is 0 Å². The highest BCUT2D eigenvalue weighted by atomic mass is 16.5. The minimum absolute atomic E-state index is 0.170. The first-order valence-corrected chi connectivity index (χ1v) is 12.9. The Kier molecular flexibility index (Phi) is 8.40. The first kappa shape index (κ1) is 27.5. The molecule has 0 heterocycles. The third kappa shape index (κ3) is 6.72. The Morgan fingerprint density at radius 1 is 0.619 bits per heavy atom. The number of nitrogens with zero attached hydrogens (tertiary/aromatic N) is 1. The van der Waals surface area contributed by atoms with Gasteiger partial charge in [-0.25, -0.2) is 10.2 Å². The Hall–Kier alpha value is -6.09. The zero-order valence-electron chi connectivity index (χ0n) is 22.1. The van der Waals surface area contributed by atoms with Crippen molar-refractivity contribution >= 4 is 52.1 Å². The number of para-hydroxylation sites is 2. The highest BCUT2D eigenvalue weighted by Crippen LogP contribution is 2.21. The van der Waals surface area contributed by atoms with E-state index in [1.807, 2.05) is 36.4 Å². The Bertz CT molecular complexity index is 1800. The summed E-state index contributed by atoms with van der Waals surface area (Å²) < 4.78 is 5.52. The minimum atomic E-state index is -1.02. The number of amides is 3. The van der Waals surface area contributed by atoms with Crippen molar-refractivity contribution in [1.29, 1.82) is 0 Å². The van der Waals surface area contributed by atoms with Crippen LogP contribution in [0.15, 0.2) is 126 Å². The highest BCUT2D eigenvalue weighted by Gasteiger charge is 2.18. The number of nitrogens with one attached hydrogen (secondary N) is 3. The van der Waals surface area contributed by atoms with Gasteiger partial charge in [-0.2, -0.15) is 5.10 Å². The summed E-state index contributed by atoms with van der Waals surface area (Å²) in [7, 11) is 0. The minimum Gasteiger partial charge on any atom is -0.423 e. The van der Waals surface area contributed by atoms with Gasteiger partial charge in [-0.05, 0) is 70.9 Å². The Balaban J connectivity index is 1.15. The maximum absolute atomic E-state index is 12.7. The lowest BCUT2D eigenvalue weighted by atomic mass is 10.0. The van der Waals surface area contributed by atoms with Crippen LogP contribution in [0.5, 0.6) is 5.75 Å². The molecule has 42 heavy (non-hydrogen) atoms. The van der Waals surface area contributed by atoms with Gasteiger partial charge in [0.1, 0.15) is 5.75 Å². The van der Waals surface area contributed by atoms with Crippen LogP contribution >= 0.6 is 0 Å². The first-order chi connectivity index (χ1) is 20.5. The average molecular weight is 557 g/mol. The van der Waals surface area contributed by atoms with Crippen molar-refractivity contribution in [3.63, 3.8) is 0 Å². The molecule has 5 rings (SSSR count). The van der Waals surface area contributed by atoms with Crippen LogP contribution in [0, 0.1) is 0 Å². The number of esters is 1. The molecule has 5 aromatic rings. The summed E-state index contributed by atoms with van der Waals surface area (Å²) >= 11 is 0. The summed E-state index contributed by atoms with van der Waals surface area (Å²) in [4.78, 5) is 50.2. The molecule has 0 aliphatic carbocycles. The fourth-order valence-corrected chi connectivity index (χ4v) is 4.09. The number of carbonyl (C=O) groups excluding carboxylic acids is 4. The van der Waals surface area contributed by atoms with Crippen molar-refractivity contribution in [2.75, 3.05) is 10.6 Å². The van der Waals surface area contributed by atoms with Gasteiger partial charge in [-0.3, -0.25) is 14.4 Å². The van der Waals surface area contributed by atoms with E-state index in [2.05, 4.69) is 21.2 Å². The van der Waals surface area contributed by atoms with Gasteiger partial charge in [0, 0.05) is 5.69 Å². The lowest BCUT2D eigenvalue weighted by Gasteiger charge is -2.11. The maximum Gasteiger partial charge on any atom is 0.344 e. The third-order valence-electron chi connectivity index (χ3n) is 6.14. The molecule has 9 nitrogen and oxygen atoms in total. The lowest BCUT2D eigenvalue weighted by Crippen LogP contribution is -2.33. The number of anilines is 2. The van der Waals surface area contributed by atoms with Crippen molar-refractivity contribution < 1.29 is 23.9 Å². The topological polar surface area (TPSA) is 126 Å². The van der Waals surface area contributed by atoms with Crippen LogP contribution < -0.4 is 20.8 Å². The monoisotopic (exact) mass is 556 g/mol. The molecule has 0 saturated heterocycles. The molecular formula is C33H24N4O5. The summed E-state index contributed by atoms with van der Waals surface area (Å²) in [6.07, 6.45) is 1.34. The second kappa shape index (κ2) is 12.8. The Morgan fingerprint density at radius 2 is 1.29 bits per heavy atom. The van der Waals surface area contributed by atoms with E-state index in [0.717, 1.165) is 10.8 Å². The third-order valence-corrected chi connectivity index (χ3v) is 6.14. The summed E-state index contributed by atoms with van der Waals surface area (Å²) in [6.45, 7) is 0. The van der Waals surface area contributed by atoms with E-state index in [9.17, 15) is 19.2 Å². The molecule has 0 atom stereocenters. The molecule has 3 amide bonds. The normalized spacial score (nSPS) is 10.7. The van der Waals surface area contributed by atoms with Crippen molar-refractivity contribution in [1.82, 2.24) is 5.43 Å². The van der Waals surface area contributed by atoms with Crippen molar-refractivity contribution in [2.24, 2.45) is 5.10 Å². The lowest BCUT2D eigenvalue weighted by molar-refractivity contribution is -0.136. The van der Waals surface area contributed by atoms with E-state index in [0.29, 0.717) is 22.6 Å². The summed E-state index contributed by atoms with van der Waals surface area (Å²) in [5.74, 6) is -2.61. The zero-order valence-corrected chi connectivity index (χ0v) is 22.1. The molecule has 0 aliphatic heterocycles. The predicted molar refractivity (Wildman–Crippen MR) is 161 cm³/mol. The maximum atomic E-state index is 12.7. The van der Waals surface area contributed by atoms with Crippen LogP contribution in [0.25, 0.3) is 10.8 Å². The van der Waals surface area contributed by atoms with E-state index in [1.165, 1.54) is 18.3 Å².